The van der Waals surface area contributed by atoms with E-state index in [0.29, 0.717) is 0 Å². The zero-order valence-electron chi connectivity index (χ0n) is 19.0. The summed E-state index contributed by atoms with van der Waals surface area (Å²) in [5, 5.41) is 4.03. The van der Waals surface area contributed by atoms with E-state index in [-0.39, 0.29) is 66.9 Å². The number of fused-ring (bicyclic) bond motifs is 1. The van der Waals surface area contributed by atoms with Crippen LogP contribution in [0.4, 0.5) is 17.6 Å². The first-order valence-electron chi connectivity index (χ1n) is 10.6. The van der Waals surface area contributed by atoms with Gasteiger partial charge in [0.2, 0.25) is 5.65 Å². The van der Waals surface area contributed by atoms with Crippen molar-refractivity contribution < 1.29 is 36.6 Å². The topological polar surface area (TPSA) is 127 Å². The largest absolute Gasteiger partial charge is 0.494 e. The molecule has 0 amide bonds. The van der Waals surface area contributed by atoms with E-state index < -0.39 is 30.2 Å². The number of nitrogens with two attached hydrogens (primary N) is 1. The van der Waals surface area contributed by atoms with Crippen molar-refractivity contribution in [2.24, 2.45) is 5.73 Å². The maximum atomic E-state index is 15.1. The summed E-state index contributed by atoms with van der Waals surface area (Å²) >= 11 is 0. The van der Waals surface area contributed by atoms with Crippen LogP contribution in [0.5, 0.6) is 11.6 Å². The second kappa shape index (κ2) is 11.4. The van der Waals surface area contributed by atoms with Gasteiger partial charge in [0.1, 0.15) is 24.4 Å². The zero-order chi connectivity index (χ0) is 25.6. The summed E-state index contributed by atoms with van der Waals surface area (Å²) in [7, 11) is 1.32. The Morgan fingerprint density at radius 2 is 1.97 bits per heavy atom. The predicted molar refractivity (Wildman–Crippen MR) is 115 cm³/mol. The number of nitrogens with zero attached hydrogens (tertiary/aromatic N) is 5. The van der Waals surface area contributed by atoms with Crippen LogP contribution in [0.2, 0.25) is 0 Å². The second-order valence-electron chi connectivity index (χ2n) is 7.54. The average molecular weight is 500 g/mol. The fourth-order valence-corrected chi connectivity index (χ4v) is 3.16. The molecule has 0 radical (unpaired) electrons. The third-order valence-electron chi connectivity index (χ3n) is 4.92. The van der Waals surface area contributed by atoms with E-state index in [4.69, 9.17) is 19.9 Å². The van der Waals surface area contributed by atoms with Gasteiger partial charge >= 0.3 is 6.18 Å². The van der Waals surface area contributed by atoms with E-state index in [1.165, 1.54) is 37.3 Å². The molecule has 3 rings (SSSR count). The molecule has 0 spiro atoms. The van der Waals surface area contributed by atoms with Gasteiger partial charge in [-0.25, -0.2) is 23.9 Å². The molecular weight excluding hydrogens is 476 g/mol. The number of ether oxygens (including phenoxy) is 3. The van der Waals surface area contributed by atoms with Crippen molar-refractivity contribution in [3.8, 4) is 22.9 Å². The number of halogens is 4. The average Bonchev–Trinajstić information content (AvgIpc) is 3.27. The first kappa shape index (κ1) is 26.2. The maximum absolute atomic E-state index is 15.1. The van der Waals surface area contributed by atoms with E-state index in [0.717, 1.165) is 0 Å². The Morgan fingerprint density at radius 3 is 2.66 bits per heavy atom. The summed E-state index contributed by atoms with van der Waals surface area (Å²) in [5.74, 6) is -1.40. The van der Waals surface area contributed by atoms with Crippen molar-refractivity contribution in [1.29, 1.82) is 0 Å². The summed E-state index contributed by atoms with van der Waals surface area (Å²) in [5.41, 5.74) is 5.52. The molecule has 0 aliphatic carbocycles. The van der Waals surface area contributed by atoms with Crippen LogP contribution in [0.3, 0.4) is 0 Å². The lowest BCUT2D eigenvalue weighted by atomic mass is 10.1. The molecule has 14 heteroatoms. The van der Waals surface area contributed by atoms with Crippen LogP contribution >= 0.6 is 0 Å². The summed E-state index contributed by atoms with van der Waals surface area (Å²) in [6, 6.07) is -0.628. The molecule has 190 valence electrons. The van der Waals surface area contributed by atoms with Crippen molar-refractivity contribution in [2.75, 3.05) is 26.9 Å². The van der Waals surface area contributed by atoms with Crippen LogP contribution in [0.25, 0.3) is 16.9 Å². The van der Waals surface area contributed by atoms with Gasteiger partial charge in [0.05, 0.1) is 37.4 Å². The second-order valence-corrected chi connectivity index (χ2v) is 7.54. The summed E-state index contributed by atoms with van der Waals surface area (Å²) in [6.07, 6.45) is -1.21. The molecule has 0 bridgehead atoms. The van der Waals surface area contributed by atoms with E-state index in [1.54, 1.807) is 0 Å². The van der Waals surface area contributed by atoms with Gasteiger partial charge in [-0.05, 0) is 12.8 Å². The Balaban J connectivity index is 1.68. The lowest BCUT2D eigenvalue weighted by Gasteiger charge is -2.14. The number of hydrogen-bond donors (Lipinski definition) is 1. The number of carbonyl (C=O) groups excluding carboxylic acids is 1. The van der Waals surface area contributed by atoms with Crippen LogP contribution in [0.15, 0.2) is 18.7 Å². The highest BCUT2D eigenvalue weighted by Crippen LogP contribution is 2.33. The van der Waals surface area contributed by atoms with Crippen LogP contribution in [0.1, 0.15) is 36.7 Å². The van der Waals surface area contributed by atoms with Gasteiger partial charge in [0.25, 0.3) is 5.88 Å². The summed E-state index contributed by atoms with van der Waals surface area (Å²) in [4.78, 5) is 23.9. The molecule has 0 fully saturated rings. The van der Waals surface area contributed by atoms with E-state index in [2.05, 4.69) is 20.1 Å². The van der Waals surface area contributed by atoms with Crippen LogP contribution in [-0.2, 0) is 4.74 Å². The molecule has 0 saturated heterocycles. The van der Waals surface area contributed by atoms with E-state index >= 15 is 4.39 Å². The summed E-state index contributed by atoms with van der Waals surface area (Å²) < 4.78 is 69.4. The summed E-state index contributed by atoms with van der Waals surface area (Å²) in [6.45, 7) is 1.46. The van der Waals surface area contributed by atoms with Gasteiger partial charge in [0, 0.05) is 26.0 Å². The van der Waals surface area contributed by atoms with Crippen molar-refractivity contribution >= 4 is 11.4 Å². The van der Waals surface area contributed by atoms with Crippen LogP contribution < -0.4 is 15.2 Å². The maximum Gasteiger partial charge on any atom is 0.389 e. The van der Waals surface area contributed by atoms with Crippen LogP contribution in [0, 0.1) is 5.82 Å². The van der Waals surface area contributed by atoms with E-state index in [1.807, 2.05) is 0 Å². The van der Waals surface area contributed by atoms with Gasteiger partial charge in [-0.1, -0.05) is 0 Å². The Bertz CT molecular complexity index is 1170. The molecule has 0 aromatic carbocycles. The van der Waals surface area contributed by atoms with Gasteiger partial charge < -0.3 is 19.9 Å². The number of hydrogen-bond acceptors (Lipinski definition) is 9. The Kier molecular flexibility index (Phi) is 8.51. The third kappa shape index (κ3) is 6.82. The molecule has 3 heterocycles. The molecule has 3 aromatic heterocycles. The Hall–Kier alpha value is -3.39. The minimum atomic E-state index is -4.24. The zero-order valence-corrected chi connectivity index (χ0v) is 19.0. The van der Waals surface area contributed by atoms with Gasteiger partial charge in [-0.2, -0.15) is 18.3 Å². The Labute approximate surface area is 197 Å². The SMILES string of the molecule is COc1cnc(C(C)=O)c(F)c1-c1cn2ncnc2c(OCCOCC[C@@H](N)CCC(F)(F)F)n1. The number of pyridine rings is 1. The molecule has 0 saturated carbocycles. The Morgan fingerprint density at radius 1 is 1.20 bits per heavy atom. The van der Waals surface area contributed by atoms with Gasteiger partial charge in [-0.15, -0.1) is 0 Å². The highest BCUT2D eigenvalue weighted by atomic mass is 19.4. The highest BCUT2D eigenvalue weighted by Gasteiger charge is 2.27. The number of carbonyl (C=O) groups is 1. The molecule has 10 nitrogen and oxygen atoms in total. The van der Waals surface area contributed by atoms with Crippen molar-refractivity contribution in [3.63, 3.8) is 0 Å². The fraction of sp³-hybridized carbons (Fsp3) is 0.476. The molecule has 0 aliphatic heterocycles. The smallest absolute Gasteiger partial charge is 0.389 e. The molecule has 1 atom stereocenters. The quantitative estimate of drug-likeness (QED) is 0.227. The highest BCUT2D eigenvalue weighted by molar-refractivity contribution is 5.94. The normalized spacial score (nSPS) is 12.7. The first-order valence-corrected chi connectivity index (χ1v) is 10.6. The number of methoxy groups -OCH3 is 1. The minimum Gasteiger partial charge on any atom is -0.494 e. The number of ketones is 1. The number of rotatable bonds is 12. The van der Waals surface area contributed by atoms with Crippen molar-refractivity contribution in [3.05, 3.63) is 30.2 Å². The molecule has 3 aromatic rings. The molecular formula is C21H24F4N6O4. The molecule has 2 N–H and O–H groups in total. The van der Waals surface area contributed by atoms with E-state index in [9.17, 15) is 18.0 Å². The standard InChI is InChI=1S/C21H24F4N6O4/c1-12(32)18-17(22)16(15(33-2)9-27-18)14-10-31-19(28-11-29-31)20(30-14)35-8-7-34-6-4-13(26)3-5-21(23,24)25/h9-11,13H,3-8,26H2,1-2H3/t13-/m0/s1. The molecule has 0 aliphatic rings. The number of aromatic nitrogens is 5. The lowest BCUT2D eigenvalue weighted by Crippen LogP contribution is -2.25. The number of Topliss-reactive ketones (excluding diaryl/α,β-unsaturated/α-hetero) is 1. The van der Waals surface area contributed by atoms with Crippen molar-refractivity contribution in [1.82, 2.24) is 24.6 Å². The fourth-order valence-electron chi connectivity index (χ4n) is 3.16. The molecule has 0 unspecified atom stereocenters. The third-order valence-corrected chi connectivity index (χ3v) is 4.92. The minimum absolute atomic E-state index is 0.0193. The van der Waals surface area contributed by atoms with Crippen molar-refractivity contribution in [2.45, 2.75) is 38.4 Å². The van der Waals surface area contributed by atoms with Crippen LogP contribution in [-0.4, -0.2) is 69.5 Å². The lowest BCUT2D eigenvalue weighted by molar-refractivity contribution is -0.136. The number of alkyl halides is 3. The monoisotopic (exact) mass is 500 g/mol. The molecule has 35 heavy (non-hydrogen) atoms. The van der Waals surface area contributed by atoms with Gasteiger partial charge in [0.15, 0.2) is 11.6 Å². The predicted octanol–water partition coefficient (Wildman–Crippen LogP) is 2.99. The first-order chi connectivity index (χ1) is 16.6. The van der Waals surface area contributed by atoms with Gasteiger partial charge in [-0.3, -0.25) is 4.79 Å².